The highest BCUT2D eigenvalue weighted by atomic mass is 32.1. The normalized spacial score (nSPS) is 15.2. The summed E-state index contributed by atoms with van der Waals surface area (Å²) in [4.78, 5) is 2.72. The maximum atomic E-state index is 6.31. The molecule has 0 amide bonds. The lowest BCUT2D eigenvalue weighted by molar-refractivity contribution is 0.382. The van der Waals surface area contributed by atoms with Crippen molar-refractivity contribution in [2.75, 3.05) is 0 Å². The van der Waals surface area contributed by atoms with E-state index in [1.165, 1.54) is 35.4 Å². The molecule has 0 aliphatic carbocycles. The Balaban J connectivity index is 2.59. The molecule has 2 N–H and O–H groups in total. The molecule has 0 radical (unpaired) electrons. The average molecular weight is 225 g/mol. The summed E-state index contributed by atoms with van der Waals surface area (Å²) in [5.74, 6) is 0.656. The van der Waals surface area contributed by atoms with Crippen molar-refractivity contribution >= 4 is 11.3 Å². The topological polar surface area (TPSA) is 26.0 Å². The molecule has 2 heteroatoms. The minimum Gasteiger partial charge on any atom is -0.323 e. The van der Waals surface area contributed by atoms with E-state index in [-0.39, 0.29) is 6.04 Å². The van der Waals surface area contributed by atoms with Crippen LogP contribution >= 0.6 is 11.3 Å². The van der Waals surface area contributed by atoms with Crippen LogP contribution in [0.1, 0.15) is 55.3 Å². The van der Waals surface area contributed by atoms with Crippen molar-refractivity contribution in [3.05, 3.63) is 21.9 Å². The molecular formula is C13H23NS. The molecule has 1 heterocycles. The van der Waals surface area contributed by atoms with Crippen molar-refractivity contribution in [3.63, 3.8) is 0 Å². The second kappa shape index (κ2) is 6.29. The Morgan fingerprint density at radius 1 is 1.33 bits per heavy atom. The van der Waals surface area contributed by atoms with Crippen LogP contribution in [0.15, 0.2) is 12.1 Å². The standard InChI is InChI=1S/C13H23NS/c1-4-6-7-11(5-2)13(14)12-9-8-10(3)15-12/h8-9,11,13H,4-7,14H2,1-3H3. The SMILES string of the molecule is CCCCC(CC)C(N)c1ccc(C)s1. The van der Waals surface area contributed by atoms with E-state index in [1.54, 1.807) is 0 Å². The van der Waals surface area contributed by atoms with Crippen molar-refractivity contribution in [1.82, 2.24) is 0 Å². The second-order valence-electron chi connectivity index (χ2n) is 4.28. The zero-order chi connectivity index (χ0) is 11.3. The molecule has 1 aromatic heterocycles. The number of hydrogen-bond acceptors (Lipinski definition) is 2. The number of hydrogen-bond donors (Lipinski definition) is 1. The van der Waals surface area contributed by atoms with Crippen molar-refractivity contribution in [3.8, 4) is 0 Å². The summed E-state index contributed by atoms with van der Waals surface area (Å²) < 4.78 is 0. The molecule has 2 unspecified atom stereocenters. The molecule has 0 aliphatic rings. The Morgan fingerprint density at radius 2 is 2.07 bits per heavy atom. The fraction of sp³-hybridized carbons (Fsp3) is 0.692. The van der Waals surface area contributed by atoms with Gasteiger partial charge in [-0.2, -0.15) is 0 Å². The van der Waals surface area contributed by atoms with E-state index in [0.29, 0.717) is 5.92 Å². The molecular weight excluding hydrogens is 202 g/mol. The molecule has 0 aromatic carbocycles. The number of rotatable bonds is 6. The molecule has 0 aliphatic heterocycles. The minimum absolute atomic E-state index is 0.250. The number of nitrogens with two attached hydrogens (primary N) is 1. The third kappa shape index (κ3) is 3.62. The molecule has 0 bridgehead atoms. The summed E-state index contributed by atoms with van der Waals surface area (Å²) in [7, 11) is 0. The molecule has 2 atom stereocenters. The highest BCUT2D eigenvalue weighted by Gasteiger charge is 2.18. The Morgan fingerprint density at radius 3 is 2.53 bits per heavy atom. The van der Waals surface area contributed by atoms with Crippen molar-refractivity contribution in [2.45, 2.75) is 52.5 Å². The van der Waals surface area contributed by atoms with Crippen LogP contribution in [-0.4, -0.2) is 0 Å². The van der Waals surface area contributed by atoms with E-state index in [2.05, 4.69) is 32.9 Å². The first-order valence-electron chi connectivity index (χ1n) is 6.00. The Labute approximate surface area is 97.7 Å². The van der Waals surface area contributed by atoms with Crippen LogP contribution in [0.25, 0.3) is 0 Å². The van der Waals surface area contributed by atoms with Crippen LogP contribution in [0.5, 0.6) is 0 Å². The van der Waals surface area contributed by atoms with Gasteiger partial charge in [0.1, 0.15) is 0 Å². The van der Waals surface area contributed by atoms with Crippen molar-refractivity contribution in [1.29, 1.82) is 0 Å². The molecule has 0 saturated heterocycles. The first kappa shape index (κ1) is 12.7. The Hall–Kier alpha value is -0.340. The molecule has 1 rings (SSSR count). The summed E-state index contributed by atoms with van der Waals surface area (Å²) in [6.07, 6.45) is 5.03. The molecule has 15 heavy (non-hydrogen) atoms. The largest absolute Gasteiger partial charge is 0.323 e. The predicted octanol–water partition coefficient (Wildman–Crippen LogP) is 4.27. The highest BCUT2D eigenvalue weighted by molar-refractivity contribution is 7.12. The lowest BCUT2D eigenvalue weighted by atomic mass is 9.91. The second-order valence-corrected chi connectivity index (χ2v) is 5.60. The van der Waals surface area contributed by atoms with Gasteiger partial charge in [0.2, 0.25) is 0 Å². The monoisotopic (exact) mass is 225 g/mol. The Bertz CT molecular complexity index is 280. The first-order valence-corrected chi connectivity index (χ1v) is 6.82. The molecule has 0 saturated carbocycles. The van der Waals surface area contributed by atoms with E-state index in [4.69, 9.17) is 5.73 Å². The molecule has 1 aromatic rings. The van der Waals surface area contributed by atoms with E-state index in [9.17, 15) is 0 Å². The maximum Gasteiger partial charge on any atom is 0.0418 e. The number of unbranched alkanes of at least 4 members (excludes halogenated alkanes) is 1. The summed E-state index contributed by atoms with van der Waals surface area (Å²) >= 11 is 1.85. The molecule has 86 valence electrons. The van der Waals surface area contributed by atoms with Crippen LogP contribution in [0.2, 0.25) is 0 Å². The van der Waals surface area contributed by atoms with E-state index < -0.39 is 0 Å². The minimum atomic E-state index is 0.250. The predicted molar refractivity (Wildman–Crippen MR) is 69.3 cm³/mol. The molecule has 0 spiro atoms. The van der Waals surface area contributed by atoms with E-state index in [0.717, 1.165) is 0 Å². The lowest BCUT2D eigenvalue weighted by Gasteiger charge is -2.21. The summed E-state index contributed by atoms with van der Waals surface area (Å²) in [5.41, 5.74) is 6.31. The first-order chi connectivity index (χ1) is 7.19. The van der Waals surface area contributed by atoms with Gasteiger partial charge in [-0.3, -0.25) is 0 Å². The van der Waals surface area contributed by atoms with Gasteiger partial charge in [0, 0.05) is 15.8 Å². The van der Waals surface area contributed by atoms with Gasteiger partial charge in [-0.25, -0.2) is 0 Å². The quantitative estimate of drug-likeness (QED) is 0.768. The van der Waals surface area contributed by atoms with E-state index >= 15 is 0 Å². The van der Waals surface area contributed by atoms with Crippen LogP contribution in [0, 0.1) is 12.8 Å². The maximum absolute atomic E-state index is 6.31. The summed E-state index contributed by atoms with van der Waals surface area (Å²) in [5, 5.41) is 0. The van der Waals surface area contributed by atoms with E-state index in [1.807, 2.05) is 11.3 Å². The zero-order valence-electron chi connectivity index (χ0n) is 10.1. The lowest BCUT2D eigenvalue weighted by Crippen LogP contribution is -2.19. The smallest absolute Gasteiger partial charge is 0.0418 e. The van der Waals surface area contributed by atoms with Crippen LogP contribution in [0.4, 0.5) is 0 Å². The van der Waals surface area contributed by atoms with Crippen molar-refractivity contribution in [2.24, 2.45) is 11.7 Å². The van der Waals surface area contributed by atoms with Gasteiger partial charge in [-0.05, 0) is 31.4 Å². The van der Waals surface area contributed by atoms with Gasteiger partial charge >= 0.3 is 0 Å². The highest BCUT2D eigenvalue weighted by Crippen LogP contribution is 2.31. The fourth-order valence-electron chi connectivity index (χ4n) is 1.97. The van der Waals surface area contributed by atoms with Gasteiger partial charge in [-0.15, -0.1) is 11.3 Å². The van der Waals surface area contributed by atoms with Crippen LogP contribution < -0.4 is 5.73 Å². The van der Waals surface area contributed by atoms with Crippen molar-refractivity contribution < 1.29 is 0 Å². The van der Waals surface area contributed by atoms with Gasteiger partial charge in [0.05, 0.1) is 0 Å². The van der Waals surface area contributed by atoms with Gasteiger partial charge in [0.15, 0.2) is 0 Å². The summed E-state index contributed by atoms with van der Waals surface area (Å²) in [6.45, 7) is 6.64. The van der Waals surface area contributed by atoms with Crippen LogP contribution in [-0.2, 0) is 0 Å². The fourth-order valence-corrected chi connectivity index (χ4v) is 2.94. The summed E-state index contributed by atoms with van der Waals surface area (Å²) in [6, 6.07) is 4.62. The van der Waals surface area contributed by atoms with Crippen LogP contribution in [0.3, 0.4) is 0 Å². The average Bonchev–Trinajstić information content (AvgIpc) is 2.65. The number of aryl methyl sites for hydroxylation is 1. The molecule has 1 nitrogen and oxygen atoms in total. The third-order valence-electron chi connectivity index (χ3n) is 3.05. The number of thiophene rings is 1. The van der Waals surface area contributed by atoms with Gasteiger partial charge in [-0.1, -0.05) is 33.1 Å². The van der Waals surface area contributed by atoms with Gasteiger partial charge < -0.3 is 5.73 Å². The van der Waals surface area contributed by atoms with Gasteiger partial charge in [0.25, 0.3) is 0 Å². The molecule has 0 fully saturated rings. The third-order valence-corrected chi connectivity index (χ3v) is 4.15. The zero-order valence-corrected chi connectivity index (χ0v) is 10.9. The Kier molecular flexibility index (Phi) is 5.34.